The molecule has 0 N–H and O–H groups in total. The zero-order valence-corrected chi connectivity index (χ0v) is 22.1. The number of aldehydes is 2. The molecule has 0 saturated carbocycles. The number of benzene rings is 4. The summed E-state index contributed by atoms with van der Waals surface area (Å²) in [6.07, 6.45) is 1.48. The first-order valence-electron chi connectivity index (χ1n) is 13.3. The summed E-state index contributed by atoms with van der Waals surface area (Å²) in [5.41, 5.74) is 4.63. The summed E-state index contributed by atoms with van der Waals surface area (Å²) in [4.78, 5) is 52.5. The number of hydrogen-bond acceptors (Lipinski definition) is 6. The Balaban J connectivity index is 1.09. The van der Waals surface area contributed by atoms with Crippen LogP contribution in [0.1, 0.15) is 65.5 Å². The van der Waals surface area contributed by atoms with Gasteiger partial charge in [0.15, 0.2) is 0 Å². The Morgan fingerprint density at radius 3 is 1.93 bits per heavy atom. The summed E-state index contributed by atoms with van der Waals surface area (Å²) in [6, 6.07) is 24.8. The van der Waals surface area contributed by atoms with Gasteiger partial charge in [-0.05, 0) is 78.7 Å². The van der Waals surface area contributed by atoms with E-state index < -0.39 is 5.54 Å². The Labute approximate surface area is 235 Å². The van der Waals surface area contributed by atoms with Gasteiger partial charge in [0, 0.05) is 33.6 Å². The van der Waals surface area contributed by atoms with Crippen molar-refractivity contribution < 1.29 is 28.7 Å². The second-order valence-electron chi connectivity index (χ2n) is 10.5. The lowest BCUT2D eigenvalue weighted by atomic mass is 9.87. The lowest BCUT2D eigenvalue weighted by molar-refractivity contribution is -0.0548. The predicted molar refractivity (Wildman–Crippen MR) is 151 cm³/mol. The van der Waals surface area contributed by atoms with E-state index in [0.29, 0.717) is 52.7 Å². The van der Waals surface area contributed by atoms with Crippen molar-refractivity contribution in [3.8, 4) is 11.5 Å². The van der Waals surface area contributed by atoms with Crippen molar-refractivity contribution in [3.63, 3.8) is 0 Å². The van der Waals surface area contributed by atoms with Crippen LogP contribution in [0.4, 0.5) is 11.4 Å². The van der Waals surface area contributed by atoms with Crippen LogP contribution in [0.3, 0.4) is 0 Å². The molecule has 8 nitrogen and oxygen atoms in total. The summed E-state index contributed by atoms with van der Waals surface area (Å²) < 4.78 is 11.6. The zero-order chi connectivity index (χ0) is 28.3. The maximum Gasteiger partial charge on any atom is 0.259 e. The van der Waals surface area contributed by atoms with Crippen LogP contribution in [0.2, 0.25) is 0 Å². The van der Waals surface area contributed by atoms with Crippen molar-refractivity contribution >= 4 is 35.8 Å². The molecule has 3 heterocycles. The summed E-state index contributed by atoms with van der Waals surface area (Å²) >= 11 is 0. The van der Waals surface area contributed by atoms with Crippen molar-refractivity contribution in [2.24, 2.45) is 0 Å². The van der Waals surface area contributed by atoms with Crippen LogP contribution < -0.4 is 14.5 Å². The van der Waals surface area contributed by atoms with Crippen molar-refractivity contribution in [1.82, 2.24) is 0 Å². The van der Waals surface area contributed by atoms with Crippen LogP contribution in [-0.2, 0) is 10.3 Å². The molecule has 1 spiro atoms. The molecule has 1 fully saturated rings. The minimum absolute atomic E-state index is 0.143. The number of anilines is 2. The van der Waals surface area contributed by atoms with Gasteiger partial charge in [-0.2, -0.15) is 0 Å². The fraction of sp³-hybridized carbons (Fsp3) is 0.152. The second-order valence-corrected chi connectivity index (χ2v) is 10.5. The van der Waals surface area contributed by atoms with Gasteiger partial charge in [0.05, 0.1) is 19.3 Å². The highest BCUT2D eigenvalue weighted by molar-refractivity contribution is 6.13. The monoisotopic (exact) mass is 544 g/mol. The van der Waals surface area contributed by atoms with Gasteiger partial charge in [-0.1, -0.05) is 24.3 Å². The molecule has 1 atom stereocenters. The van der Waals surface area contributed by atoms with Gasteiger partial charge in [-0.3, -0.25) is 24.1 Å². The summed E-state index contributed by atoms with van der Waals surface area (Å²) in [7, 11) is 0. The largest absolute Gasteiger partial charge is 0.457 e. The maximum absolute atomic E-state index is 13.4. The van der Waals surface area contributed by atoms with Gasteiger partial charge in [-0.15, -0.1) is 0 Å². The first-order chi connectivity index (χ1) is 19.9. The fourth-order valence-electron chi connectivity index (χ4n) is 6.05. The molecule has 4 aromatic carbocycles. The van der Waals surface area contributed by atoms with Gasteiger partial charge in [0.2, 0.25) is 0 Å². The fourth-order valence-corrected chi connectivity index (χ4v) is 6.05. The van der Waals surface area contributed by atoms with Gasteiger partial charge in [0.1, 0.15) is 29.6 Å². The van der Waals surface area contributed by atoms with Crippen LogP contribution in [-0.4, -0.2) is 37.6 Å². The quantitative estimate of drug-likeness (QED) is 0.289. The van der Waals surface area contributed by atoms with Crippen molar-refractivity contribution in [2.75, 3.05) is 23.0 Å². The number of rotatable bonds is 6. The molecule has 4 aromatic rings. The van der Waals surface area contributed by atoms with E-state index >= 15 is 0 Å². The summed E-state index contributed by atoms with van der Waals surface area (Å²) in [5.74, 6) is 0.881. The number of carbonyl (C=O) groups is 4. The van der Waals surface area contributed by atoms with E-state index in [1.807, 2.05) is 43.3 Å². The molecule has 2 amide bonds. The molecule has 3 aliphatic heterocycles. The Hall–Kier alpha value is -5.08. The molecule has 41 heavy (non-hydrogen) atoms. The molecule has 7 rings (SSSR count). The van der Waals surface area contributed by atoms with E-state index in [4.69, 9.17) is 9.47 Å². The lowest BCUT2D eigenvalue weighted by Gasteiger charge is -2.45. The van der Waals surface area contributed by atoms with E-state index in [2.05, 4.69) is 0 Å². The smallest absolute Gasteiger partial charge is 0.259 e. The molecule has 0 aromatic heterocycles. The zero-order valence-electron chi connectivity index (χ0n) is 22.1. The molecule has 0 aliphatic carbocycles. The first kappa shape index (κ1) is 24.9. The Bertz CT molecular complexity index is 1740. The minimum Gasteiger partial charge on any atom is -0.457 e. The number of ether oxygens (including phenoxy) is 2. The summed E-state index contributed by atoms with van der Waals surface area (Å²) in [5, 5.41) is 0. The average Bonchev–Trinajstić information content (AvgIpc) is 3.40. The SMILES string of the molecule is CC1c2ccc(C=O)cc2C(=O)N1c1ccc(Oc2ccc(N3C(=O)c4cc(C=O)ccc4C34COC4)cc2)cc1. The van der Waals surface area contributed by atoms with Crippen LogP contribution in [0.25, 0.3) is 0 Å². The normalized spacial score (nSPS) is 18.2. The van der Waals surface area contributed by atoms with Crippen molar-refractivity contribution in [3.05, 3.63) is 118 Å². The maximum atomic E-state index is 13.4. The first-order valence-corrected chi connectivity index (χ1v) is 13.3. The standard InChI is InChI=1S/C33H24N2O6/c1-20-27-12-2-21(16-36)14-28(27)31(38)34(20)23-4-8-25(9-5-23)41-26-10-6-24(7-11-26)35-32(39)29-15-22(17-37)3-13-30(29)33(35)18-40-19-33/h2-17,20H,18-19H2,1H3. The Morgan fingerprint density at radius 1 is 0.756 bits per heavy atom. The second kappa shape index (κ2) is 9.25. The van der Waals surface area contributed by atoms with E-state index in [1.54, 1.807) is 58.3 Å². The Kier molecular flexibility index (Phi) is 5.62. The number of nitrogens with zero attached hydrogens (tertiary/aromatic N) is 2. The van der Waals surface area contributed by atoms with Gasteiger partial charge in [-0.25, -0.2) is 0 Å². The molecule has 1 saturated heterocycles. The highest BCUT2D eigenvalue weighted by atomic mass is 16.5. The lowest BCUT2D eigenvalue weighted by Crippen LogP contribution is -2.57. The van der Waals surface area contributed by atoms with Crippen LogP contribution in [0.15, 0.2) is 84.9 Å². The van der Waals surface area contributed by atoms with Gasteiger partial charge < -0.3 is 14.4 Å². The van der Waals surface area contributed by atoms with Crippen molar-refractivity contribution in [1.29, 1.82) is 0 Å². The Morgan fingerprint density at radius 2 is 1.34 bits per heavy atom. The van der Waals surface area contributed by atoms with Crippen LogP contribution in [0.5, 0.6) is 11.5 Å². The van der Waals surface area contributed by atoms with E-state index in [1.165, 1.54) is 0 Å². The third-order valence-electron chi connectivity index (χ3n) is 8.17. The van der Waals surface area contributed by atoms with E-state index in [0.717, 1.165) is 29.4 Å². The molecule has 0 radical (unpaired) electrons. The molecule has 202 valence electrons. The van der Waals surface area contributed by atoms with Gasteiger partial charge >= 0.3 is 0 Å². The van der Waals surface area contributed by atoms with Gasteiger partial charge in [0.25, 0.3) is 11.8 Å². The summed E-state index contributed by atoms with van der Waals surface area (Å²) in [6.45, 7) is 2.73. The molecular formula is C33H24N2O6. The molecular weight excluding hydrogens is 520 g/mol. The average molecular weight is 545 g/mol. The van der Waals surface area contributed by atoms with Crippen LogP contribution >= 0.6 is 0 Å². The molecule has 1 unspecified atom stereocenters. The third kappa shape index (κ3) is 3.72. The predicted octanol–water partition coefficient (Wildman–Crippen LogP) is 5.71. The number of fused-ring (bicyclic) bond motifs is 3. The molecule has 3 aliphatic rings. The third-order valence-corrected chi connectivity index (χ3v) is 8.17. The van der Waals surface area contributed by atoms with E-state index in [9.17, 15) is 19.2 Å². The van der Waals surface area contributed by atoms with Crippen LogP contribution in [0, 0.1) is 0 Å². The molecule has 8 heteroatoms. The number of hydrogen-bond donors (Lipinski definition) is 0. The minimum atomic E-state index is -0.579. The highest BCUT2D eigenvalue weighted by Crippen LogP contribution is 2.47. The highest BCUT2D eigenvalue weighted by Gasteiger charge is 2.55. The van der Waals surface area contributed by atoms with Crippen molar-refractivity contribution in [2.45, 2.75) is 18.5 Å². The van der Waals surface area contributed by atoms with E-state index in [-0.39, 0.29) is 17.9 Å². The molecule has 0 bridgehead atoms. The number of amides is 2. The topological polar surface area (TPSA) is 93.2 Å². The number of carbonyl (C=O) groups excluding carboxylic acids is 4.